The Morgan fingerprint density at radius 1 is 1.43 bits per heavy atom. The van der Waals surface area contributed by atoms with Crippen molar-refractivity contribution in [2.45, 2.75) is 39.3 Å². The third kappa shape index (κ3) is 3.36. The molecule has 6 nitrogen and oxygen atoms in total. The molecule has 2 aromatic rings. The van der Waals surface area contributed by atoms with Gasteiger partial charge in [0.15, 0.2) is 0 Å². The fourth-order valence-corrected chi connectivity index (χ4v) is 3.66. The molecule has 7 heteroatoms. The summed E-state index contributed by atoms with van der Waals surface area (Å²) in [6, 6.07) is 0.574. The highest BCUT2D eigenvalue weighted by atomic mass is 32.1. The number of aliphatic hydroxyl groups excluding tert-OH is 1. The summed E-state index contributed by atoms with van der Waals surface area (Å²) in [5.74, 6) is 0. The highest BCUT2D eigenvalue weighted by Crippen LogP contribution is 2.30. The SMILES string of the molecule is Cc1nn(C)c(=O)c(-c2nc(CN(CCO)C3CC3)cs2)c1C. The summed E-state index contributed by atoms with van der Waals surface area (Å²) >= 11 is 1.50. The average molecular weight is 334 g/mol. The summed E-state index contributed by atoms with van der Waals surface area (Å²) in [6.45, 7) is 5.39. The van der Waals surface area contributed by atoms with Gasteiger partial charge in [0, 0.05) is 31.6 Å². The van der Waals surface area contributed by atoms with Gasteiger partial charge in [-0.15, -0.1) is 11.3 Å². The van der Waals surface area contributed by atoms with E-state index in [2.05, 4.69) is 15.0 Å². The van der Waals surface area contributed by atoms with Gasteiger partial charge in [-0.1, -0.05) is 0 Å². The molecule has 0 radical (unpaired) electrons. The lowest BCUT2D eigenvalue weighted by atomic mass is 10.1. The second kappa shape index (κ2) is 6.51. The minimum Gasteiger partial charge on any atom is -0.395 e. The fraction of sp³-hybridized carbons (Fsp3) is 0.562. The van der Waals surface area contributed by atoms with E-state index in [0.717, 1.165) is 28.5 Å². The van der Waals surface area contributed by atoms with Crippen LogP contribution >= 0.6 is 11.3 Å². The number of thiazole rings is 1. The van der Waals surface area contributed by atoms with E-state index in [0.29, 0.717) is 18.2 Å². The molecular formula is C16H22N4O2S. The van der Waals surface area contributed by atoms with Gasteiger partial charge in [-0.3, -0.25) is 9.69 Å². The van der Waals surface area contributed by atoms with Crippen molar-refractivity contribution in [3.05, 3.63) is 32.7 Å². The molecule has 0 aromatic carbocycles. The van der Waals surface area contributed by atoms with Crippen LogP contribution in [0.1, 0.15) is 29.8 Å². The van der Waals surface area contributed by atoms with E-state index in [1.165, 1.54) is 28.9 Å². The molecule has 124 valence electrons. The Hall–Kier alpha value is -1.57. The van der Waals surface area contributed by atoms with E-state index in [-0.39, 0.29) is 12.2 Å². The first-order chi connectivity index (χ1) is 11.0. The number of aromatic nitrogens is 3. The largest absolute Gasteiger partial charge is 0.395 e. The minimum absolute atomic E-state index is 0.108. The Labute approximate surface area is 139 Å². The lowest BCUT2D eigenvalue weighted by Crippen LogP contribution is -2.28. The maximum absolute atomic E-state index is 12.4. The van der Waals surface area contributed by atoms with Crippen molar-refractivity contribution in [1.29, 1.82) is 0 Å². The molecule has 23 heavy (non-hydrogen) atoms. The quantitative estimate of drug-likeness (QED) is 0.866. The number of aliphatic hydroxyl groups is 1. The van der Waals surface area contributed by atoms with E-state index in [1.54, 1.807) is 7.05 Å². The smallest absolute Gasteiger partial charge is 0.277 e. The van der Waals surface area contributed by atoms with E-state index < -0.39 is 0 Å². The maximum atomic E-state index is 12.4. The zero-order valence-corrected chi connectivity index (χ0v) is 14.6. The molecule has 1 N–H and O–H groups in total. The molecule has 2 heterocycles. The molecule has 1 aliphatic carbocycles. The average Bonchev–Trinajstić information content (AvgIpc) is 3.26. The Bertz CT molecular complexity index is 764. The molecule has 1 saturated carbocycles. The van der Waals surface area contributed by atoms with E-state index in [1.807, 2.05) is 19.2 Å². The van der Waals surface area contributed by atoms with Crippen molar-refractivity contribution in [2.75, 3.05) is 13.2 Å². The first-order valence-corrected chi connectivity index (χ1v) is 8.73. The topological polar surface area (TPSA) is 71.2 Å². The van der Waals surface area contributed by atoms with Crippen LogP contribution in [-0.2, 0) is 13.6 Å². The molecular weight excluding hydrogens is 312 g/mol. The third-order valence-electron chi connectivity index (χ3n) is 4.31. The van der Waals surface area contributed by atoms with Gasteiger partial charge in [-0.05, 0) is 32.3 Å². The normalized spacial score (nSPS) is 14.7. The molecule has 1 fully saturated rings. The molecule has 1 aliphatic rings. The lowest BCUT2D eigenvalue weighted by Gasteiger charge is -2.19. The molecule has 0 bridgehead atoms. The van der Waals surface area contributed by atoms with Gasteiger partial charge in [-0.25, -0.2) is 9.67 Å². The predicted molar refractivity (Wildman–Crippen MR) is 90.6 cm³/mol. The molecule has 2 aromatic heterocycles. The first kappa shape index (κ1) is 16.3. The molecule has 0 unspecified atom stereocenters. The van der Waals surface area contributed by atoms with Gasteiger partial charge < -0.3 is 5.11 Å². The van der Waals surface area contributed by atoms with Crippen LogP contribution < -0.4 is 5.56 Å². The second-order valence-corrected chi connectivity index (χ2v) is 6.94. The molecule has 0 aliphatic heterocycles. The van der Waals surface area contributed by atoms with E-state index in [4.69, 9.17) is 0 Å². The van der Waals surface area contributed by atoms with Gasteiger partial charge in [0.1, 0.15) is 5.01 Å². The zero-order valence-electron chi connectivity index (χ0n) is 13.7. The Kier molecular flexibility index (Phi) is 4.61. The summed E-state index contributed by atoms with van der Waals surface area (Å²) in [5, 5.41) is 16.2. The Morgan fingerprint density at radius 3 is 2.83 bits per heavy atom. The number of hydrogen-bond donors (Lipinski definition) is 1. The van der Waals surface area contributed by atoms with Gasteiger partial charge in [0.2, 0.25) is 0 Å². The number of rotatable bonds is 6. The molecule has 0 atom stereocenters. The second-order valence-electron chi connectivity index (χ2n) is 6.08. The van der Waals surface area contributed by atoms with Gasteiger partial charge in [-0.2, -0.15) is 5.10 Å². The standard InChI is InChI=1S/C16H22N4O2S/c1-10-11(2)18-19(3)16(22)14(10)15-17-12(9-23-15)8-20(6-7-21)13-4-5-13/h9,13,21H,4-8H2,1-3H3. The highest BCUT2D eigenvalue weighted by molar-refractivity contribution is 7.13. The van der Waals surface area contributed by atoms with Gasteiger partial charge in [0.05, 0.1) is 23.6 Å². The van der Waals surface area contributed by atoms with Crippen LogP contribution in [0, 0.1) is 13.8 Å². The minimum atomic E-state index is -0.108. The number of aryl methyl sites for hydroxylation is 2. The van der Waals surface area contributed by atoms with Crippen molar-refractivity contribution in [3.63, 3.8) is 0 Å². The van der Waals surface area contributed by atoms with E-state index in [9.17, 15) is 9.90 Å². The van der Waals surface area contributed by atoms with Gasteiger partial charge >= 0.3 is 0 Å². The van der Waals surface area contributed by atoms with Crippen LogP contribution in [0.25, 0.3) is 10.6 Å². The predicted octanol–water partition coefficient (Wildman–Crippen LogP) is 1.48. The Morgan fingerprint density at radius 2 is 2.17 bits per heavy atom. The summed E-state index contributed by atoms with van der Waals surface area (Å²) in [6.07, 6.45) is 2.39. The molecule has 0 amide bonds. The van der Waals surface area contributed by atoms with E-state index >= 15 is 0 Å². The number of nitrogens with zero attached hydrogens (tertiary/aromatic N) is 4. The van der Waals surface area contributed by atoms with Crippen molar-refractivity contribution in [2.24, 2.45) is 7.05 Å². The van der Waals surface area contributed by atoms with Crippen molar-refractivity contribution in [1.82, 2.24) is 19.7 Å². The van der Waals surface area contributed by atoms with Crippen LogP contribution in [-0.4, -0.2) is 44.0 Å². The molecule has 3 rings (SSSR count). The van der Waals surface area contributed by atoms with Crippen LogP contribution in [0.15, 0.2) is 10.2 Å². The van der Waals surface area contributed by atoms with Crippen LogP contribution in [0.4, 0.5) is 0 Å². The monoisotopic (exact) mass is 334 g/mol. The fourth-order valence-electron chi connectivity index (χ4n) is 2.76. The first-order valence-electron chi connectivity index (χ1n) is 7.85. The zero-order chi connectivity index (χ0) is 16.6. The van der Waals surface area contributed by atoms with Crippen LogP contribution in [0.5, 0.6) is 0 Å². The third-order valence-corrected chi connectivity index (χ3v) is 5.22. The van der Waals surface area contributed by atoms with Crippen LogP contribution in [0.2, 0.25) is 0 Å². The summed E-state index contributed by atoms with van der Waals surface area (Å²) in [5.41, 5.74) is 3.24. The summed E-state index contributed by atoms with van der Waals surface area (Å²) in [4.78, 5) is 19.4. The summed E-state index contributed by atoms with van der Waals surface area (Å²) < 4.78 is 1.38. The van der Waals surface area contributed by atoms with Crippen molar-refractivity contribution >= 4 is 11.3 Å². The van der Waals surface area contributed by atoms with Crippen molar-refractivity contribution in [3.8, 4) is 10.6 Å². The Balaban J connectivity index is 1.89. The lowest BCUT2D eigenvalue weighted by molar-refractivity contribution is 0.182. The molecule has 0 saturated heterocycles. The van der Waals surface area contributed by atoms with Gasteiger partial charge in [0.25, 0.3) is 5.56 Å². The number of hydrogen-bond acceptors (Lipinski definition) is 6. The van der Waals surface area contributed by atoms with Crippen LogP contribution in [0.3, 0.4) is 0 Å². The summed E-state index contributed by atoms with van der Waals surface area (Å²) in [7, 11) is 1.67. The van der Waals surface area contributed by atoms with Crippen molar-refractivity contribution < 1.29 is 5.11 Å². The molecule has 0 spiro atoms. The highest BCUT2D eigenvalue weighted by Gasteiger charge is 2.29. The maximum Gasteiger partial charge on any atom is 0.277 e.